The Kier molecular flexibility index (Phi) is 4.39. The Labute approximate surface area is 106 Å². The smallest absolute Gasteiger partial charge is 0.408 e. The number of hydrogen-bond donors (Lipinski definition) is 3. The van der Waals surface area contributed by atoms with Crippen molar-refractivity contribution in [3.05, 3.63) is 0 Å². The molecule has 0 aromatic rings. The summed E-state index contributed by atoms with van der Waals surface area (Å²) in [5, 5.41) is 21.1. The fourth-order valence-corrected chi connectivity index (χ4v) is 1.71. The first-order chi connectivity index (χ1) is 8.19. The van der Waals surface area contributed by atoms with Gasteiger partial charge < -0.3 is 25.2 Å². The Morgan fingerprint density at radius 1 is 1.39 bits per heavy atom. The predicted octanol–water partition coefficient (Wildman–Crippen LogP) is 0.624. The van der Waals surface area contributed by atoms with Crippen LogP contribution in [0.15, 0.2) is 0 Å². The quantitative estimate of drug-likeness (QED) is 0.642. The molecule has 1 rings (SSSR count). The Hall–Kier alpha value is -1.50. The van der Waals surface area contributed by atoms with E-state index in [4.69, 9.17) is 9.84 Å². The normalized spacial score (nSPS) is 24.6. The van der Waals surface area contributed by atoms with Crippen LogP contribution >= 0.6 is 0 Å². The zero-order valence-electron chi connectivity index (χ0n) is 10.8. The molecule has 1 saturated heterocycles. The van der Waals surface area contributed by atoms with Crippen molar-refractivity contribution in [1.82, 2.24) is 10.2 Å². The fraction of sp³-hybridized carbons (Fsp3) is 0.818. The Bertz CT molecular complexity index is 326. The van der Waals surface area contributed by atoms with Gasteiger partial charge in [-0.3, -0.25) is 0 Å². The average Bonchev–Trinajstić information content (AvgIpc) is 2.18. The number of rotatable bonds is 1. The molecule has 1 heterocycles. The van der Waals surface area contributed by atoms with Gasteiger partial charge in [0.2, 0.25) is 0 Å². The minimum absolute atomic E-state index is 0.0652. The zero-order chi connectivity index (χ0) is 13.9. The number of ether oxygens (including phenoxy) is 1. The Morgan fingerprint density at radius 2 is 2.00 bits per heavy atom. The number of nitrogens with one attached hydrogen (secondary N) is 1. The third kappa shape index (κ3) is 4.40. The van der Waals surface area contributed by atoms with Gasteiger partial charge in [-0.15, -0.1) is 0 Å². The topological polar surface area (TPSA) is 99.1 Å². The Morgan fingerprint density at radius 3 is 2.50 bits per heavy atom. The number of carbonyl (C=O) groups is 2. The van der Waals surface area contributed by atoms with E-state index in [1.165, 1.54) is 0 Å². The fourth-order valence-electron chi connectivity index (χ4n) is 1.71. The van der Waals surface area contributed by atoms with E-state index in [2.05, 4.69) is 5.32 Å². The standard InChI is InChI=1S/C11H20N2O5/c1-11(2,3)18-9(15)12-7-6-13(10(16)17)5-4-8(7)14/h7-8,14H,4-6H2,1-3H3,(H,12,15)(H,16,17)/t7-,8+/m0/s1. The van der Waals surface area contributed by atoms with Crippen LogP contribution in [0.1, 0.15) is 27.2 Å². The SMILES string of the molecule is CC(C)(C)OC(=O)N[C@H]1CN(C(=O)O)CC[C@H]1O. The molecule has 0 aliphatic carbocycles. The number of piperidine rings is 1. The van der Waals surface area contributed by atoms with Crippen molar-refractivity contribution >= 4 is 12.2 Å². The van der Waals surface area contributed by atoms with Crippen LogP contribution in [-0.2, 0) is 4.74 Å². The van der Waals surface area contributed by atoms with Gasteiger partial charge in [0, 0.05) is 13.1 Å². The van der Waals surface area contributed by atoms with Gasteiger partial charge in [-0.25, -0.2) is 9.59 Å². The van der Waals surface area contributed by atoms with Gasteiger partial charge >= 0.3 is 12.2 Å². The van der Waals surface area contributed by atoms with Crippen molar-refractivity contribution in [3.63, 3.8) is 0 Å². The van der Waals surface area contributed by atoms with E-state index >= 15 is 0 Å². The molecule has 104 valence electrons. The molecular formula is C11H20N2O5. The van der Waals surface area contributed by atoms with Crippen LogP contribution in [0, 0.1) is 0 Å². The predicted molar refractivity (Wildman–Crippen MR) is 63.4 cm³/mol. The number of hydrogen-bond acceptors (Lipinski definition) is 4. The highest BCUT2D eigenvalue weighted by Crippen LogP contribution is 2.13. The van der Waals surface area contributed by atoms with Crippen LogP contribution in [-0.4, -0.2) is 58.1 Å². The number of carboxylic acid groups (broad SMARTS) is 1. The van der Waals surface area contributed by atoms with Crippen LogP contribution < -0.4 is 5.32 Å². The first kappa shape index (κ1) is 14.6. The van der Waals surface area contributed by atoms with Gasteiger partial charge in [-0.1, -0.05) is 0 Å². The average molecular weight is 260 g/mol. The summed E-state index contributed by atoms with van der Waals surface area (Å²) in [5.74, 6) is 0. The molecular weight excluding hydrogens is 240 g/mol. The summed E-state index contributed by atoms with van der Waals surface area (Å²) in [5.41, 5.74) is -0.629. The maximum atomic E-state index is 11.5. The van der Waals surface area contributed by atoms with E-state index in [9.17, 15) is 14.7 Å². The minimum Gasteiger partial charge on any atom is -0.465 e. The first-order valence-corrected chi connectivity index (χ1v) is 5.84. The lowest BCUT2D eigenvalue weighted by atomic mass is 10.0. The highest BCUT2D eigenvalue weighted by Gasteiger charge is 2.32. The van der Waals surface area contributed by atoms with Crippen LogP contribution in [0.2, 0.25) is 0 Å². The second-order valence-corrected chi connectivity index (χ2v) is 5.34. The molecule has 0 unspecified atom stereocenters. The molecule has 3 N–H and O–H groups in total. The summed E-state index contributed by atoms with van der Waals surface area (Å²) in [7, 11) is 0. The van der Waals surface area contributed by atoms with E-state index in [0.29, 0.717) is 6.42 Å². The van der Waals surface area contributed by atoms with E-state index in [-0.39, 0.29) is 13.1 Å². The highest BCUT2D eigenvalue weighted by molar-refractivity contribution is 5.69. The number of aliphatic hydroxyl groups is 1. The van der Waals surface area contributed by atoms with Crippen molar-refractivity contribution < 1.29 is 24.5 Å². The molecule has 2 atom stereocenters. The number of nitrogens with zero attached hydrogens (tertiary/aromatic N) is 1. The van der Waals surface area contributed by atoms with E-state index in [1.54, 1.807) is 20.8 Å². The van der Waals surface area contributed by atoms with Gasteiger partial charge in [0.05, 0.1) is 12.1 Å². The minimum atomic E-state index is -1.06. The summed E-state index contributed by atoms with van der Waals surface area (Å²) in [6.45, 7) is 5.52. The summed E-state index contributed by atoms with van der Waals surface area (Å²) in [6, 6.07) is -0.635. The summed E-state index contributed by atoms with van der Waals surface area (Å²) < 4.78 is 5.06. The number of amides is 2. The lowest BCUT2D eigenvalue weighted by Crippen LogP contribution is -2.56. The van der Waals surface area contributed by atoms with Crippen LogP contribution in [0.25, 0.3) is 0 Å². The molecule has 1 fully saturated rings. The van der Waals surface area contributed by atoms with Crippen molar-refractivity contribution in [2.45, 2.75) is 44.9 Å². The van der Waals surface area contributed by atoms with Gasteiger partial charge in [-0.05, 0) is 27.2 Å². The lowest BCUT2D eigenvalue weighted by Gasteiger charge is -2.35. The Balaban J connectivity index is 2.53. The maximum absolute atomic E-state index is 11.5. The monoisotopic (exact) mass is 260 g/mol. The van der Waals surface area contributed by atoms with E-state index in [1.807, 2.05) is 0 Å². The van der Waals surface area contributed by atoms with Gasteiger partial charge in [0.25, 0.3) is 0 Å². The molecule has 0 saturated carbocycles. The van der Waals surface area contributed by atoms with Crippen molar-refractivity contribution in [3.8, 4) is 0 Å². The number of likely N-dealkylation sites (tertiary alicyclic amines) is 1. The number of carbonyl (C=O) groups excluding carboxylic acids is 1. The molecule has 0 aromatic heterocycles. The first-order valence-electron chi connectivity index (χ1n) is 5.84. The molecule has 0 spiro atoms. The molecule has 18 heavy (non-hydrogen) atoms. The third-order valence-corrected chi connectivity index (χ3v) is 2.55. The number of aliphatic hydroxyl groups excluding tert-OH is 1. The molecule has 7 heteroatoms. The van der Waals surface area contributed by atoms with E-state index in [0.717, 1.165) is 4.90 Å². The van der Waals surface area contributed by atoms with Crippen LogP contribution in [0.4, 0.5) is 9.59 Å². The lowest BCUT2D eigenvalue weighted by molar-refractivity contribution is 0.0236. The van der Waals surface area contributed by atoms with Crippen LogP contribution in [0.5, 0.6) is 0 Å². The largest absolute Gasteiger partial charge is 0.465 e. The van der Waals surface area contributed by atoms with Gasteiger partial charge in [-0.2, -0.15) is 0 Å². The molecule has 0 bridgehead atoms. The molecule has 0 radical (unpaired) electrons. The summed E-state index contributed by atoms with van der Waals surface area (Å²) in [4.78, 5) is 23.5. The maximum Gasteiger partial charge on any atom is 0.408 e. The highest BCUT2D eigenvalue weighted by atomic mass is 16.6. The van der Waals surface area contributed by atoms with Gasteiger partial charge in [0.1, 0.15) is 5.60 Å². The molecule has 1 aliphatic rings. The summed E-state index contributed by atoms with van der Waals surface area (Å²) >= 11 is 0. The van der Waals surface area contributed by atoms with Gasteiger partial charge in [0.15, 0.2) is 0 Å². The van der Waals surface area contributed by atoms with Crippen molar-refractivity contribution in [2.75, 3.05) is 13.1 Å². The molecule has 1 aliphatic heterocycles. The van der Waals surface area contributed by atoms with Crippen molar-refractivity contribution in [2.24, 2.45) is 0 Å². The second-order valence-electron chi connectivity index (χ2n) is 5.34. The number of alkyl carbamates (subject to hydrolysis) is 1. The second kappa shape index (κ2) is 5.43. The third-order valence-electron chi connectivity index (χ3n) is 2.55. The molecule has 0 aromatic carbocycles. The van der Waals surface area contributed by atoms with Crippen molar-refractivity contribution in [1.29, 1.82) is 0 Å². The zero-order valence-corrected chi connectivity index (χ0v) is 10.8. The molecule has 7 nitrogen and oxygen atoms in total. The molecule has 2 amide bonds. The van der Waals surface area contributed by atoms with E-state index < -0.39 is 29.9 Å². The summed E-state index contributed by atoms with van der Waals surface area (Å²) in [6.07, 6.45) is -2.17. The van der Waals surface area contributed by atoms with Crippen LogP contribution in [0.3, 0.4) is 0 Å².